The number of piperidine rings is 1. The van der Waals surface area contributed by atoms with Gasteiger partial charge in [-0.2, -0.15) is 0 Å². The lowest BCUT2D eigenvalue weighted by molar-refractivity contribution is -0.148. The summed E-state index contributed by atoms with van der Waals surface area (Å²) in [6.45, 7) is 2.57. The zero-order valence-corrected chi connectivity index (χ0v) is 11.5. The second-order valence-corrected chi connectivity index (χ2v) is 4.92. The lowest BCUT2D eigenvalue weighted by Crippen LogP contribution is -2.41. The highest BCUT2D eigenvalue weighted by Gasteiger charge is 2.25. The molecule has 0 saturated carbocycles. The first kappa shape index (κ1) is 13.7. The molecular formula is C13H16N2O3S. The number of rotatable bonds is 2. The van der Waals surface area contributed by atoms with Gasteiger partial charge in [0, 0.05) is 39.1 Å². The summed E-state index contributed by atoms with van der Waals surface area (Å²) in [5, 5.41) is 0. The van der Waals surface area contributed by atoms with E-state index in [4.69, 9.17) is 17.0 Å². The molecule has 0 spiro atoms. The molecule has 1 aliphatic rings. The molecule has 1 N–H and O–H groups in total. The number of carbonyl (C=O) groups is 2. The van der Waals surface area contributed by atoms with Gasteiger partial charge in [0.25, 0.3) is 5.91 Å². The van der Waals surface area contributed by atoms with Crippen molar-refractivity contribution >= 4 is 24.1 Å². The molecule has 102 valence electrons. The Bertz CT molecular complexity index is 533. The van der Waals surface area contributed by atoms with Crippen molar-refractivity contribution in [2.45, 2.75) is 25.9 Å². The third kappa shape index (κ3) is 3.41. The molecule has 0 atom stereocenters. The molecular weight excluding hydrogens is 264 g/mol. The van der Waals surface area contributed by atoms with Crippen LogP contribution in [0.25, 0.3) is 0 Å². The number of pyridine rings is 1. The Kier molecular flexibility index (Phi) is 4.31. The van der Waals surface area contributed by atoms with Crippen LogP contribution in [0.1, 0.15) is 30.1 Å². The highest BCUT2D eigenvalue weighted by Crippen LogP contribution is 2.16. The minimum atomic E-state index is -0.268. The summed E-state index contributed by atoms with van der Waals surface area (Å²) in [5.41, 5.74) is 0.517. The van der Waals surface area contributed by atoms with E-state index in [1.807, 2.05) is 0 Å². The van der Waals surface area contributed by atoms with Gasteiger partial charge in [-0.15, -0.1) is 0 Å². The van der Waals surface area contributed by atoms with Gasteiger partial charge in [-0.05, 0) is 12.1 Å². The van der Waals surface area contributed by atoms with Gasteiger partial charge in [0.2, 0.25) is 0 Å². The number of ether oxygens (including phenoxy) is 1. The molecule has 1 saturated heterocycles. The van der Waals surface area contributed by atoms with Crippen LogP contribution in [0.2, 0.25) is 0 Å². The Hall–Kier alpha value is -1.69. The average molecular weight is 280 g/mol. The molecule has 19 heavy (non-hydrogen) atoms. The van der Waals surface area contributed by atoms with Crippen LogP contribution in [0.5, 0.6) is 0 Å². The van der Waals surface area contributed by atoms with Crippen LogP contribution < -0.4 is 0 Å². The van der Waals surface area contributed by atoms with E-state index >= 15 is 0 Å². The maximum atomic E-state index is 12.3. The van der Waals surface area contributed by atoms with Gasteiger partial charge in [0.1, 0.15) is 10.7 Å². The predicted molar refractivity (Wildman–Crippen MR) is 72.3 cm³/mol. The van der Waals surface area contributed by atoms with Crippen LogP contribution in [0.4, 0.5) is 0 Å². The summed E-state index contributed by atoms with van der Waals surface area (Å²) in [6, 6.07) is 3.48. The quantitative estimate of drug-likeness (QED) is 0.664. The summed E-state index contributed by atoms with van der Waals surface area (Å²) in [4.78, 5) is 27.8. The van der Waals surface area contributed by atoms with E-state index in [0.717, 1.165) is 0 Å². The number of carbonyl (C=O) groups excluding carboxylic acids is 2. The van der Waals surface area contributed by atoms with E-state index in [2.05, 4.69) is 4.98 Å². The second-order valence-electron chi connectivity index (χ2n) is 4.51. The maximum absolute atomic E-state index is 12.3. The maximum Gasteiger partial charge on any atom is 0.302 e. The number of H-pyrrole nitrogens is 1. The van der Waals surface area contributed by atoms with E-state index in [0.29, 0.717) is 36.1 Å². The number of nitrogens with one attached hydrogen (secondary N) is 1. The highest BCUT2D eigenvalue weighted by atomic mass is 32.1. The molecule has 0 unspecified atom stereocenters. The molecule has 1 aliphatic heterocycles. The molecule has 1 aromatic rings. The zero-order chi connectivity index (χ0) is 13.8. The number of likely N-dealkylation sites (tertiary alicyclic amines) is 1. The average Bonchev–Trinajstić information content (AvgIpc) is 2.39. The largest absolute Gasteiger partial charge is 0.462 e. The Balaban J connectivity index is 1.98. The number of amides is 1. The van der Waals surface area contributed by atoms with Crippen LogP contribution in [-0.4, -0.2) is 41.0 Å². The summed E-state index contributed by atoms with van der Waals surface area (Å²) < 4.78 is 5.60. The van der Waals surface area contributed by atoms with Crippen molar-refractivity contribution in [1.82, 2.24) is 9.88 Å². The van der Waals surface area contributed by atoms with Crippen molar-refractivity contribution in [1.29, 1.82) is 0 Å². The number of esters is 1. The minimum Gasteiger partial charge on any atom is -0.462 e. The molecule has 0 aromatic carbocycles. The van der Waals surface area contributed by atoms with Gasteiger partial charge in [-0.25, -0.2) is 0 Å². The number of hydrogen-bond acceptors (Lipinski definition) is 4. The second kappa shape index (κ2) is 5.97. The Morgan fingerprint density at radius 2 is 2.11 bits per heavy atom. The van der Waals surface area contributed by atoms with Gasteiger partial charge in [-0.1, -0.05) is 12.2 Å². The molecule has 6 heteroatoms. The van der Waals surface area contributed by atoms with Crippen LogP contribution in [0, 0.1) is 4.64 Å². The highest BCUT2D eigenvalue weighted by molar-refractivity contribution is 7.71. The van der Waals surface area contributed by atoms with Gasteiger partial charge in [-0.3, -0.25) is 9.59 Å². The van der Waals surface area contributed by atoms with Gasteiger partial charge in [0.05, 0.1) is 5.56 Å². The first-order valence-electron chi connectivity index (χ1n) is 6.22. The SMILES string of the molecule is CC(=O)OC1CCN(C(=O)c2ccc[nH]c2=S)CC1. The summed E-state index contributed by atoms with van der Waals surface area (Å²) in [5.74, 6) is -0.335. The minimum absolute atomic E-state index is 0.0666. The third-order valence-electron chi connectivity index (χ3n) is 3.11. The predicted octanol–water partition coefficient (Wildman–Crippen LogP) is 1.91. The fraction of sp³-hybridized carbons (Fsp3) is 0.462. The van der Waals surface area contributed by atoms with Gasteiger partial charge >= 0.3 is 5.97 Å². The Labute approximate surface area is 116 Å². The topological polar surface area (TPSA) is 62.4 Å². The lowest BCUT2D eigenvalue weighted by atomic mass is 10.1. The number of aromatic nitrogens is 1. The third-order valence-corrected chi connectivity index (χ3v) is 3.45. The van der Waals surface area contributed by atoms with Crippen molar-refractivity contribution in [2.24, 2.45) is 0 Å². The fourth-order valence-electron chi connectivity index (χ4n) is 2.17. The first-order valence-corrected chi connectivity index (χ1v) is 6.63. The molecule has 1 amide bonds. The van der Waals surface area contributed by atoms with Crippen molar-refractivity contribution in [3.05, 3.63) is 28.5 Å². The standard InChI is InChI=1S/C13H16N2O3S/c1-9(16)18-10-4-7-15(8-5-10)13(17)11-3-2-6-14-12(11)19/h2-3,6,10H,4-5,7-8H2,1H3,(H,14,19). The van der Waals surface area contributed by atoms with E-state index in [1.165, 1.54) is 6.92 Å². The van der Waals surface area contributed by atoms with Crippen molar-refractivity contribution in [2.75, 3.05) is 13.1 Å². The zero-order valence-electron chi connectivity index (χ0n) is 10.7. The molecule has 0 radical (unpaired) electrons. The Morgan fingerprint density at radius 3 is 2.68 bits per heavy atom. The monoisotopic (exact) mass is 280 g/mol. The van der Waals surface area contributed by atoms with Crippen LogP contribution in [0.3, 0.4) is 0 Å². The molecule has 1 fully saturated rings. The molecule has 0 bridgehead atoms. The molecule has 2 rings (SSSR count). The van der Waals surface area contributed by atoms with E-state index in [9.17, 15) is 9.59 Å². The van der Waals surface area contributed by atoms with Gasteiger partial charge < -0.3 is 14.6 Å². The van der Waals surface area contributed by atoms with Gasteiger partial charge in [0.15, 0.2) is 0 Å². The summed E-state index contributed by atoms with van der Waals surface area (Å²) in [7, 11) is 0. The van der Waals surface area contributed by atoms with Crippen molar-refractivity contribution < 1.29 is 14.3 Å². The van der Waals surface area contributed by atoms with Crippen LogP contribution >= 0.6 is 12.2 Å². The summed E-state index contributed by atoms with van der Waals surface area (Å²) in [6.07, 6.45) is 2.97. The molecule has 1 aromatic heterocycles. The van der Waals surface area contributed by atoms with Crippen LogP contribution in [0.15, 0.2) is 18.3 Å². The number of hydrogen-bond donors (Lipinski definition) is 1. The lowest BCUT2D eigenvalue weighted by Gasteiger charge is -2.31. The van der Waals surface area contributed by atoms with E-state index < -0.39 is 0 Å². The van der Waals surface area contributed by atoms with E-state index in [-0.39, 0.29) is 18.0 Å². The fourth-order valence-corrected chi connectivity index (χ4v) is 2.40. The Morgan fingerprint density at radius 1 is 1.42 bits per heavy atom. The smallest absolute Gasteiger partial charge is 0.302 e. The van der Waals surface area contributed by atoms with Crippen molar-refractivity contribution in [3.63, 3.8) is 0 Å². The van der Waals surface area contributed by atoms with Crippen molar-refractivity contribution in [3.8, 4) is 0 Å². The number of nitrogens with zero attached hydrogens (tertiary/aromatic N) is 1. The molecule has 5 nitrogen and oxygen atoms in total. The van der Waals surface area contributed by atoms with E-state index in [1.54, 1.807) is 23.2 Å². The number of aromatic amines is 1. The molecule has 0 aliphatic carbocycles. The normalized spacial score (nSPS) is 16.2. The first-order chi connectivity index (χ1) is 9.08. The van der Waals surface area contributed by atoms with Crippen LogP contribution in [-0.2, 0) is 9.53 Å². The molecule has 2 heterocycles. The summed E-state index contributed by atoms with van der Waals surface area (Å²) >= 11 is 5.11.